The molecule has 1 aliphatic carbocycles. The Hall–Kier alpha value is -3.82. The van der Waals surface area contributed by atoms with Crippen LogP contribution in [-0.4, -0.2) is 67.8 Å². The molecule has 0 bridgehead atoms. The summed E-state index contributed by atoms with van der Waals surface area (Å²) in [5.41, 5.74) is 3.58. The molecule has 2 aromatic carbocycles. The number of rotatable bonds is 9. The van der Waals surface area contributed by atoms with E-state index in [-0.39, 0.29) is 30.4 Å². The third kappa shape index (κ3) is 6.75. The van der Waals surface area contributed by atoms with Crippen molar-refractivity contribution < 1.29 is 19.1 Å². The molecule has 3 heterocycles. The van der Waals surface area contributed by atoms with Gasteiger partial charge >= 0.3 is 0 Å². The highest BCUT2D eigenvalue weighted by molar-refractivity contribution is 6.30. The number of nitrogens with one attached hydrogen (secondary N) is 1. The Kier molecular flexibility index (Phi) is 9.19. The minimum atomic E-state index is -0.388. The molecule has 1 atom stereocenters. The summed E-state index contributed by atoms with van der Waals surface area (Å²) < 4.78 is 11.8. The predicted octanol–water partition coefficient (Wildman–Crippen LogP) is 5.59. The largest absolute Gasteiger partial charge is 0.493 e. The molecule has 0 spiro atoms. The zero-order chi connectivity index (χ0) is 31.7. The topological polar surface area (TPSA) is 87.2 Å². The first-order chi connectivity index (χ1) is 21.7. The van der Waals surface area contributed by atoms with Crippen LogP contribution in [0.1, 0.15) is 62.3 Å². The zero-order valence-corrected chi connectivity index (χ0v) is 27.2. The normalized spacial score (nSPS) is 21.9. The Morgan fingerprint density at radius 2 is 1.80 bits per heavy atom. The van der Waals surface area contributed by atoms with Gasteiger partial charge in [-0.2, -0.15) is 0 Å². The molecular weight excluding hydrogens is 590 g/mol. The molecule has 3 aromatic rings. The number of carbonyl (C=O) groups excluding carboxylic acids is 2. The number of carbonyl (C=O) groups is 2. The second-order valence-corrected chi connectivity index (χ2v) is 13.1. The van der Waals surface area contributed by atoms with Gasteiger partial charge in [0, 0.05) is 24.7 Å². The lowest BCUT2D eigenvalue weighted by Crippen LogP contribution is -2.41. The molecule has 6 rings (SSSR count). The summed E-state index contributed by atoms with van der Waals surface area (Å²) in [6.07, 6.45) is 6.50. The van der Waals surface area contributed by atoms with E-state index in [9.17, 15) is 9.59 Å². The Bertz CT molecular complexity index is 1520. The molecule has 2 amide bonds. The van der Waals surface area contributed by atoms with E-state index < -0.39 is 0 Å². The van der Waals surface area contributed by atoms with E-state index in [1.54, 1.807) is 13.3 Å². The van der Waals surface area contributed by atoms with E-state index in [1.165, 1.54) is 0 Å². The second-order valence-electron chi connectivity index (χ2n) is 12.7. The minimum absolute atomic E-state index is 0.0170. The summed E-state index contributed by atoms with van der Waals surface area (Å²) >= 11 is 6.27. The van der Waals surface area contributed by atoms with E-state index >= 15 is 0 Å². The fourth-order valence-corrected chi connectivity index (χ4v) is 7.12. The molecule has 1 aromatic heterocycles. The van der Waals surface area contributed by atoms with Crippen LogP contribution in [0.2, 0.25) is 5.02 Å². The molecule has 1 unspecified atom stereocenters. The van der Waals surface area contributed by atoms with Crippen LogP contribution >= 0.6 is 11.6 Å². The molecular formula is C35H42ClN5O4. The number of pyridine rings is 1. The van der Waals surface area contributed by atoms with Gasteiger partial charge in [0.2, 0.25) is 11.8 Å². The van der Waals surface area contributed by atoms with Crippen LogP contribution in [-0.2, 0) is 16.0 Å². The van der Waals surface area contributed by atoms with Crippen LogP contribution < -0.4 is 24.6 Å². The van der Waals surface area contributed by atoms with Crippen LogP contribution in [0.4, 0.5) is 11.5 Å². The summed E-state index contributed by atoms with van der Waals surface area (Å²) in [5, 5.41) is 3.56. The van der Waals surface area contributed by atoms with Gasteiger partial charge in [0.15, 0.2) is 11.5 Å². The maximum absolute atomic E-state index is 13.9. The van der Waals surface area contributed by atoms with Gasteiger partial charge in [0.1, 0.15) is 5.82 Å². The van der Waals surface area contributed by atoms with Gasteiger partial charge in [-0.25, -0.2) is 4.98 Å². The van der Waals surface area contributed by atoms with Crippen LogP contribution in [0.3, 0.4) is 0 Å². The van der Waals surface area contributed by atoms with Gasteiger partial charge in [0.25, 0.3) is 0 Å². The molecule has 0 radical (unpaired) electrons. The third-order valence-corrected chi connectivity index (χ3v) is 9.48. The van der Waals surface area contributed by atoms with Crippen LogP contribution in [0.5, 0.6) is 11.5 Å². The summed E-state index contributed by atoms with van der Waals surface area (Å²) in [7, 11) is 3.70. The third-order valence-electron chi connectivity index (χ3n) is 9.23. The van der Waals surface area contributed by atoms with Crippen molar-refractivity contribution >= 4 is 34.9 Å². The summed E-state index contributed by atoms with van der Waals surface area (Å²) in [6, 6.07) is 15.7. The molecule has 2 aliphatic heterocycles. The van der Waals surface area contributed by atoms with E-state index in [0.29, 0.717) is 41.7 Å². The highest BCUT2D eigenvalue weighted by atomic mass is 35.5. The summed E-state index contributed by atoms with van der Waals surface area (Å²) in [4.78, 5) is 36.6. The Morgan fingerprint density at radius 1 is 1.04 bits per heavy atom. The first-order valence-corrected chi connectivity index (χ1v) is 16.2. The fourth-order valence-electron chi connectivity index (χ4n) is 6.99. The summed E-state index contributed by atoms with van der Waals surface area (Å²) in [5.74, 6) is 2.83. The molecule has 1 saturated carbocycles. The number of halogens is 1. The van der Waals surface area contributed by atoms with E-state index in [2.05, 4.69) is 22.2 Å². The van der Waals surface area contributed by atoms with Crippen molar-refractivity contribution in [1.29, 1.82) is 0 Å². The van der Waals surface area contributed by atoms with Crippen LogP contribution in [0.15, 0.2) is 54.7 Å². The number of ether oxygens (including phenoxy) is 2. The lowest BCUT2D eigenvalue weighted by Gasteiger charge is -2.38. The SMILES string of the molecule is COc1cc2c(cc1OC(C)C)C(c1ccc(Cl)cc1)N(c1ccc(N(C)CC3CCC(N4CNC(=O)C4)CC3)nc1)C(=O)C2. The molecule has 3 aliphatic rings. The molecule has 238 valence electrons. The van der Waals surface area contributed by atoms with Crippen molar-refractivity contribution in [3.63, 3.8) is 0 Å². The smallest absolute Gasteiger partial charge is 0.235 e. The number of nitrogens with zero attached hydrogens (tertiary/aromatic N) is 4. The lowest BCUT2D eigenvalue weighted by molar-refractivity contribution is -0.119. The molecule has 9 nitrogen and oxygen atoms in total. The molecule has 2 fully saturated rings. The first kappa shape index (κ1) is 31.2. The van der Waals surface area contributed by atoms with Gasteiger partial charge in [-0.1, -0.05) is 23.7 Å². The van der Waals surface area contributed by atoms with Crippen LogP contribution in [0, 0.1) is 5.92 Å². The minimum Gasteiger partial charge on any atom is -0.493 e. The van der Waals surface area contributed by atoms with Crippen LogP contribution in [0.25, 0.3) is 0 Å². The number of amides is 2. The summed E-state index contributed by atoms with van der Waals surface area (Å²) in [6.45, 7) is 6.08. The number of aromatic nitrogens is 1. The molecule has 10 heteroatoms. The van der Waals surface area contributed by atoms with Gasteiger partial charge in [-0.3, -0.25) is 19.4 Å². The number of hydrogen-bond acceptors (Lipinski definition) is 7. The fraction of sp³-hybridized carbons (Fsp3) is 0.457. The van der Waals surface area contributed by atoms with E-state index in [0.717, 1.165) is 60.4 Å². The highest BCUT2D eigenvalue weighted by Crippen LogP contribution is 2.44. The molecule has 1 N–H and O–H groups in total. The van der Waals surface area contributed by atoms with Gasteiger partial charge in [-0.05, 0) is 98.5 Å². The number of benzene rings is 2. The standard InChI is InChI=1S/C35H42ClN5O4/c1-22(2)45-31-17-29-25(15-30(31)44-4)16-34(43)41(35(29)24-7-9-26(36)10-8-24)28-13-14-32(37-18-28)39(3)19-23-5-11-27(12-6-23)40-20-33(42)38-21-40/h7-10,13-15,17-18,22-23,27,35H,5-6,11-12,16,19-21H2,1-4H3,(H,38,42). The zero-order valence-electron chi connectivity index (χ0n) is 26.5. The maximum Gasteiger partial charge on any atom is 0.235 e. The number of hydrogen-bond donors (Lipinski definition) is 1. The van der Waals surface area contributed by atoms with Gasteiger partial charge < -0.3 is 19.7 Å². The van der Waals surface area contributed by atoms with Crippen molar-refractivity contribution in [2.45, 2.75) is 64.1 Å². The monoisotopic (exact) mass is 631 g/mol. The average Bonchev–Trinajstić information content (AvgIpc) is 3.47. The first-order valence-electron chi connectivity index (χ1n) is 15.8. The van der Waals surface area contributed by atoms with Crippen molar-refractivity contribution in [2.24, 2.45) is 5.92 Å². The Balaban J connectivity index is 1.22. The second kappa shape index (κ2) is 13.3. The maximum atomic E-state index is 13.9. The van der Waals surface area contributed by atoms with Crippen molar-refractivity contribution in [1.82, 2.24) is 15.2 Å². The lowest BCUT2D eigenvalue weighted by atomic mass is 9.85. The average molecular weight is 632 g/mol. The van der Waals surface area contributed by atoms with Crippen molar-refractivity contribution in [2.75, 3.05) is 43.7 Å². The van der Waals surface area contributed by atoms with Crippen molar-refractivity contribution in [3.8, 4) is 11.5 Å². The van der Waals surface area contributed by atoms with Gasteiger partial charge in [0.05, 0.1) is 50.8 Å². The highest BCUT2D eigenvalue weighted by Gasteiger charge is 2.36. The van der Waals surface area contributed by atoms with E-state index in [4.69, 9.17) is 26.1 Å². The molecule has 45 heavy (non-hydrogen) atoms. The Labute approximate surface area is 270 Å². The van der Waals surface area contributed by atoms with E-state index in [1.807, 2.05) is 67.3 Å². The molecule has 1 saturated heterocycles. The number of anilines is 2. The van der Waals surface area contributed by atoms with Gasteiger partial charge in [-0.15, -0.1) is 0 Å². The van der Waals surface area contributed by atoms with Crippen molar-refractivity contribution in [3.05, 3.63) is 76.4 Å². The number of methoxy groups -OCH3 is 1. The quantitative estimate of drug-likeness (QED) is 0.329. The Morgan fingerprint density at radius 3 is 2.42 bits per heavy atom. The predicted molar refractivity (Wildman–Crippen MR) is 176 cm³/mol. The number of fused-ring (bicyclic) bond motifs is 1.